The normalized spacial score (nSPS) is 15.0. The first kappa shape index (κ1) is 16.0. The maximum absolute atomic E-state index is 12.9. The van der Waals surface area contributed by atoms with E-state index >= 15 is 0 Å². The van der Waals surface area contributed by atoms with E-state index in [1.165, 1.54) is 0 Å². The van der Waals surface area contributed by atoms with Crippen LogP contribution in [-0.4, -0.2) is 57.2 Å². The zero-order valence-electron chi connectivity index (χ0n) is 14.4. The molecule has 1 saturated heterocycles. The number of H-pyrrole nitrogens is 1. The number of carbonyl (C=O) groups is 1. The minimum absolute atomic E-state index is 0.0463. The van der Waals surface area contributed by atoms with E-state index in [9.17, 15) is 4.79 Å². The second-order valence-corrected chi connectivity index (χ2v) is 7.34. The average molecular weight is 379 g/mol. The quantitative estimate of drug-likeness (QED) is 0.553. The van der Waals surface area contributed by atoms with Gasteiger partial charge in [-0.25, -0.2) is 4.98 Å². The summed E-state index contributed by atoms with van der Waals surface area (Å²) in [5.41, 5.74) is 7.21. The minimum atomic E-state index is -0.0463. The fraction of sp³-hybridized carbons (Fsp3) is 0.222. The predicted octanol–water partition coefficient (Wildman–Crippen LogP) is 2.11. The van der Waals surface area contributed by atoms with Gasteiger partial charge in [-0.3, -0.25) is 9.89 Å². The van der Waals surface area contributed by atoms with Gasteiger partial charge in [-0.2, -0.15) is 10.1 Å². The fourth-order valence-electron chi connectivity index (χ4n) is 3.49. The third-order valence-corrected chi connectivity index (χ3v) is 5.67. The van der Waals surface area contributed by atoms with Crippen molar-refractivity contribution in [3.8, 4) is 0 Å². The maximum atomic E-state index is 12.9. The summed E-state index contributed by atoms with van der Waals surface area (Å²) < 4.78 is 0. The van der Waals surface area contributed by atoms with Gasteiger partial charge in [-0.15, -0.1) is 11.3 Å². The van der Waals surface area contributed by atoms with Crippen LogP contribution in [0.3, 0.4) is 0 Å². The molecule has 0 saturated carbocycles. The van der Waals surface area contributed by atoms with Gasteiger partial charge in [0.05, 0.1) is 10.9 Å². The molecule has 5 rings (SSSR count). The number of nitrogen functional groups attached to an aromatic ring is 1. The summed E-state index contributed by atoms with van der Waals surface area (Å²) in [7, 11) is 0. The van der Waals surface area contributed by atoms with Gasteiger partial charge < -0.3 is 15.5 Å². The highest BCUT2D eigenvalue weighted by Gasteiger charge is 2.26. The number of anilines is 2. The van der Waals surface area contributed by atoms with Crippen molar-refractivity contribution in [2.24, 2.45) is 0 Å². The van der Waals surface area contributed by atoms with Gasteiger partial charge in [-0.1, -0.05) is 18.2 Å². The molecule has 136 valence electrons. The number of thiophene rings is 1. The molecule has 0 aliphatic carbocycles. The highest BCUT2D eigenvalue weighted by atomic mass is 32.1. The molecule has 1 aliphatic heterocycles. The SMILES string of the molecule is Nc1nc(N2CCN(C(=O)c3n[nH]c4ccccc34)CC2)c2ccsc2n1. The summed E-state index contributed by atoms with van der Waals surface area (Å²) in [4.78, 5) is 26.5. The average Bonchev–Trinajstić information content (AvgIpc) is 3.33. The molecule has 3 N–H and O–H groups in total. The number of piperazine rings is 1. The number of carbonyl (C=O) groups excluding carboxylic acids is 1. The van der Waals surface area contributed by atoms with Crippen molar-refractivity contribution in [3.05, 3.63) is 41.4 Å². The number of amides is 1. The minimum Gasteiger partial charge on any atom is -0.368 e. The summed E-state index contributed by atoms with van der Waals surface area (Å²) >= 11 is 1.55. The lowest BCUT2D eigenvalue weighted by molar-refractivity contribution is 0.0742. The standard InChI is InChI=1S/C18H17N7OS/c19-18-20-15(12-5-10-27-16(12)21-18)24-6-8-25(9-7-24)17(26)14-11-3-1-2-4-13(11)22-23-14/h1-5,10H,6-9H2,(H,22,23)(H2,19,20,21). The highest BCUT2D eigenvalue weighted by molar-refractivity contribution is 7.16. The molecule has 1 aromatic carbocycles. The van der Waals surface area contributed by atoms with E-state index in [2.05, 4.69) is 25.1 Å². The highest BCUT2D eigenvalue weighted by Crippen LogP contribution is 2.29. The molecule has 1 amide bonds. The molecule has 1 fully saturated rings. The number of fused-ring (bicyclic) bond motifs is 2. The van der Waals surface area contributed by atoms with Gasteiger partial charge in [0.2, 0.25) is 5.95 Å². The van der Waals surface area contributed by atoms with Crippen LogP contribution in [0.5, 0.6) is 0 Å². The summed E-state index contributed by atoms with van der Waals surface area (Å²) in [6.45, 7) is 2.59. The number of nitrogens with two attached hydrogens (primary N) is 1. The van der Waals surface area contributed by atoms with Crippen LogP contribution < -0.4 is 10.6 Å². The zero-order valence-corrected chi connectivity index (χ0v) is 15.2. The first-order valence-corrected chi connectivity index (χ1v) is 9.57. The lowest BCUT2D eigenvalue weighted by Crippen LogP contribution is -2.49. The molecule has 0 spiro atoms. The molecule has 1 aliphatic rings. The Morgan fingerprint density at radius 3 is 2.74 bits per heavy atom. The first-order chi connectivity index (χ1) is 13.2. The van der Waals surface area contributed by atoms with Gasteiger partial charge in [0, 0.05) is 31.6 Å². The molecule has 9 heteroatoms. The van der Waals surface area contributed by atoms with Crippen molar-refractivity contribution in [2.45, 2.75) is 0 Å². The molecule has 8 nitrogen and oxygen atoms in total. The molecule has 4 heterocycles. The molecular formula is C18H17N7OS. The Kier molecular flexibility index (Phi) is 3.68. The van der Waals surface area contributed by atoms with Gasteiger partial charge in [0.15, 0.2) is 5.69 Å². The number of rotatable bonds is 2. The Hall–Kier alpha value is -3.20. The van der Waals surface area contributed by atoms with Crippen molar-refractivity contribution >= 4 is 50.1 Å². The van der Waals surface area contributed by atoms with E-state index < -0.39 is 0 Å². The second kappa shape index (κ2) is 6.20. The third-order valence-electron chi connectivity index (χ3n) is 4.86. The lowest BCUT2D eigenvalue weighted by atomic mass is 10.2. The third kappa shape index (κ3) is 2.67. The summed E-state index contributed by atoms with van der Waals surface area (Å²) in [5, 5.41) is 11.0. The van der Waals surface area contributed by atoms with Crippen molar-refractivity contribution in [2.75, 3.05) is 36.8 Å². The largest absolute Gasteiger partial charge is 0.368 e. The number of nitrogens with one attached hydrogen (secondary N) is 1. The van der Waals surface area contributed by atoms with E-state index in [0.717, 1.165) is 26.9 Å². The van der Waals surface area contributed by atoms with Gasteiger partial charge in [0.25, 0.3) is 5.91 Å². The van der Waals surface area contributed by atoms with Crippen molar-refractivity contribution in [1.29, 1.82) is 0 Å². The predicted molar refractivity (Wildman–Crippen MR) is 106 cm³/mol. The van der Waals surface area contributed by atoms with Crippen molar-refractivity contribution in [3.63, 3.8) is 0 Å². The van der Waals surface area contributed by atoms with Crippen molar-refractivity contribution < 1.29 is 4.79 Å². The molecule has 27 heavy (non-hydrogen) atoms. The second-order valence-electron chi connectivity index (χ2n) is 6.44. The molecule has 0 atom stereocenters. The lowest BCUT2D eigenvalue weighted by Gasteiger charge is -2.35. The van der Waals surface area contributed by atoms with E-state index in [1.54, 1.807) is 11.3 Å². The number of aromatic nitrogens is 4. The smallest absolute Gasteiger partial charge is 0.275 e. The Morgan fingerprint density at radius 1 is 1.07 bits per heavy atom. The van der Waals surface area contributed by atoms with Gasteiger partial charge >= 0.3 is 0 Å². The fourth-order valence-corrected chi connectivity index (χ4v) is 4.26. The monoisotopic (exact) mass is 379 g/mol. The van der Waals surface area contributed by atoms with Gasteiger partial charge in [-0.05, 0) is 17.5 Å². The summed E-state index contributed by atoms with van der Waals surface area (Å²) in [6.07, 6.45) is 0. The Morgan fingerprint density at radius 2 is 1.89 bits per heavy atom. The van der Waals surface area contributed by atoms with Gasteiger partial charge in [0.1, 0.15) is 10.6 Å². The molecule has 4 aromatic rings. The van der Waals surface area contributed by atoms with Crippen LogP contribution in [0.2, 0.25) is 0 Å². The van der Waals surface area contributed by atoms with E-state index in [1.807, 2.05) is 40.6 Å². The van der Waals surface area contributed by atoms with Crippen LogP contribution in [0, 0.1) is 0 Å². The maximum Gasteiger partial charge on any atom is 0.275 e. The Balaban J connectivity index is 1.37. The van der Waals surface area contributed by atoms with Crippen LogP contribution in [0.15, 0.2) is 35.7 Å². The first-order valence-electron chi connectivity index (χ1n) is 8.69. The summed E-state index contributed by atoms with van der Waals surface area (Å²) in [6, 6.07) is 9.69. The molecule has 0 radical (unpaired) electrons. The van der Waals surface area contributed by atoms with Crippen LogP contribution >= 0.6 is 11.3 Å². The van der Waals surface area contributed by atoms with Crippen molar-refractivity contribution in [1.82, 2.24) is 25.1 Å². The van der Waals surface area contributed by atoms with Crippen LogP contribution in [-0.2, 0) is 0 Å². The number of para-hydroxylation sites is 1. The van der Waals surface area contributed by atoms with E-state index in [-0.39, 0.29) is 11.9 Å². The number of hydrogen-bond acceptors (Lipinski definition) is 7. The van der Waals surface area contributed by atoms with Crippen LogP contribution in [0.1, 0.15) is 10.5 Å². The van der Waals surface area contributed by atoms with Crippen LogP contribution in [0.4, 0.5) is 11.8 Å². The van der Waals surface area contributed by atoms with Crippen LogP contribution in [0.25, 0.3) is 21.1 Å². The molecular weight excluding hydrogens is 362 g/mol. The molecule has 3 aromatic heterocycles. The van der Waals surface area contributed by atoms with E-state index in [0.29, 0.717) is 31.9 Å². The Bertz CT molecular complexity index is 1140. The number of aromatic amines is 1. The zero-order chi connectivity index (χ0) is 18.4. The number of benzene rings is 1. The van der Waals surface area contributed by atoms with E-state index in [4.69, 9.17) is 5.73 Å². The topological polar surface area (TPSA) is 104 Å². The number of hydrogen-bond donors (Lipinski definition) is 2. The molecule has 0 bridgehead atoms. The number of nitrogens with zero attached hydrogens (tertiary/aromatic N) is 5. The molecule has 0 unspecified atom stereocenters. The Labute approximate surface area is 158 Å². The summed E-state index contributed by atoms with van der Waals surface area (Å²) in [5.74, 6) is 1.08.